The predicted molar refractivity (Wildman–Crippen MR) is 186 cm³/mol. The fourth-order valence-electron chi connectivity index (χ4n) is 25.1. The Morgan fingerprint density at radius 3 is 2.29 bits per heavy atom. The van der Waals surface area contributed by atoms with Crippen LogP contribution in [0, 0.1) is 159 Å². The molecule has 1 aromatic rings. The molecular formula is C48H51N. The zero-order valence-electron chi connectivity index (χ0n) is 29.0. The van der Waals surface area contributed by atoms with Crippen LogP contribution >= 0.6 is 0 Å². The maximum Gasteiger partial charge on any atom is 0.0416 e. The van der Waals surface area contributed by atoms with Crippen molar-refractivity contribution in [1.82, 2.24) is 4.90 Å². The summed E-state index contributed by atoms with van der Waals surface area (Å²) in [6.07, 6.45) is 15.9. The average Bonchev–Trinajstić information content (AvgIpc) is 3.95. The summed E-state index contributed by atoms with van der Waals surface area (Å²) < 4.78 is 0. The quantitative estimate of drug-likeness (QED) is 0.279. The normalized spacial score (nSPS) is 72.8. The highest BCUT2D eigenvalue weighted by Gasteiger charge is 2.88. The summed E-state index contributed by atoms with van der Waals surface area (Å²) in [4.78, 5) is 2.97. The number of hydrogen-bond acceptors (Lipinski definition) is 1. The van der Waals surface area contributed by atoms with E-state index in [1.807, 2.05) is 0 Å². The van der Waals surface area contributed by atoms with Gasteiger partial charge in [0.25, 0.3) is 0 Å². The molecular weight excluding hydrogens is 591 g/mol. The highest BCUT2D eigenvalue weighted by Crippen LogP contribution is 2.92. The van der Waals surface area contributed by atoms with Crippen molar-refractivity contribution in [3.8, 4) is 0 Å². The van der Waals surface area contributed by atoms with E-state index in [4.69, 9.17) is 0 Å². The lowest BCUT2D eigenvalue weighted by Crippen LogP contribution is -2.60. The zero-order valence-corrected chi connectivity index (χ0v) is 29.0. The molecule has 1 aliphatic heterocycles. The summed E-state index contributed by atoms with van der Waals surface area (Å²) in [7, 11) is 2.59. The molecule has 0 N–H and O–H groups in total. The second-order valence-corrected chi connectivity index (χ2v) is 23.1. The van der Waals surface area contributed by atoms with Crippen molar-refractivity contribution < 1.29 is 0 Å². The minimum Gasteiger partial charge on any atom is -0.298 e. The Labute approximate surface area is 291 Å². The molecule has 0 radical (unpaired) electrons. The average molecular weight is 642 g/mol. The van der Waals surface area contributed by atoms with Gasteiger partial charge in [0.2, 0.25) is 0 Å². The summed E-state index contributed by atoms with van der Waals surface area (Å²) in [5.74, 6) is 27.6. The van der Waals surface area contributed by atoms with Crippen molar-refractivity contribution in [2.45, 2.75) is 44.6 Å². The van der Waals surface area contributed by atoms with Gasteiger partial charge in [-0.15, -0.1) is 0 Å². The smallest absolute Gasteiger partial charge is 0.0416 e. The van der Waals surface area contributed by atoms with E-state index in [0.717, 1.165) is 154 Å². The number of hydrogen-bond donors (Lipinski definition) is 0. The molecule has 1 heterocycles. The molecule has 0 amide bonds. The Kier molecular flexibility index (Phi) is 3.48. The van der Waals surface area contributed by atoms with Crippen LogP contribution in [0.2, 0.25) is 0 Å². The van der Waals surface area contributed by atoms with E-state index in [1.165, 1.54) is 6.54 Å². The van der Waals surface area contributed by atoms with Crippen LogP contribution in [0.4, 0.5) is 0 Å². The molecule has 28 unspecified atom stereocenters. The first-order valence-corrected chi connectivity index (χ1v) is 22.1. The van der Waals surface area contributed by atoms with Crippen molar-refractivity contribution >= 4 is 0 Å². The second kappa shape index (κ2) is 6.94. The molecule has 28 atom stereocenters. The van der Waals surface area contributed by atoms with Gasteiger partial charge in [-0.1, -0.05) is 64.8 Å². The van der Waals surface area contributed by atoms with E-state index in [2.05, 4.69) is 76.7 Å². The number of rotatable bonds is 1. The van der Waals surface area contributed by atoms with Crippen LogP contribution in [0.5, 0.6) is 0 Å². The molecule has 1 nitrogen and oxygen atoms in total. The zero-order chi connectivity index (χ0) is 30.5. The number of nitrogens with zero attached hydrogens (tertiary/aromatic N) is 1. The largest absolute Gasteiger partial charge is 0.298 e. The van der Waals surface area contributed by atoms with Crippen molar-refractivity contribution in [2.75, 3.05) is 13.6 Å². The van der Waals surface area contributed by atoms with Crippen LogP contribution in [-0.4, -0.2) is 18.5 Å². The van der Waals surface area contributed by atoms with Gasteiger partial charge >= 0.3 is 0 Å². The van der Waals surface area contributed by atoms with Crippen molar-refractivity contribution in [2.24, 2.45) is 159 Å². The fourth-order valence-corrected chi connectivity index (χ4v) is 25.1. The Balaban J connectivity index is 0.995. The van der Waals surface area contributed by atoms with Gasteiger partial charge in [-0.3, -0.25) is 4.90 Å². The Morgan fingerprint density at radius 2 is 1.39 bits per heavy atom. The van der Waals surface area contributed by atoms with Gasteiger partial charge in [-0.2, -0.15) is 0 Å². The van der Waals surface area contributed by atoms with Crippen LogP contribution in [0.1, 0.15) is 50.1 Å². The SMILES string of the molecule is CN1CC23CC4CC5C=C6CC7CC8CC9CC%10C=C(C%11C%12=C%10C9C9C8C8C7C6C6C5C5C7C(C%12C9C8C67)C%11C2C45)C3C1c1ccccc1. The van der Waals surface area contributed by atoms with Gasteiger partial charge in [0.1, 0.15) is 0 Å². The molecule has 14 fully saturated rings. The first-order chi connectivity index (χ1) is 24.2. The van der Waals surface area contributed by atoms with Gasteiger partial charge in [0.15, 0.2) is 0 Å². The standard InChI is InChI=1S/C48H51N/c1-49-15-48-14-23-12-21-10-18-7-17-8-20-9-19-11-22-13-24(45(48)47(49)16-5-3-2-4-6-16)32-37-28(22)27(19)34-29(20)33-25(17)26(18)35-30(21)36-31(23)46(48)44(32)43-41(36)39(35)38(33)40(34)42(37)43/h2-6,10,13,17,19-23,25-27,29-36,38-47H,7-9,11-12,14-15H2,1H3. The van der Waals surface area contributed by atoms with E-state index >= 15 is 0 Å². The first kappa shape index (κ1) is 24.6. The Morgan fingerprint density at radius 1 is 0.612 bits per heavy atom. The van der Waals surface area contributed by atoms with Crippen molar-refractivity contribution in [3.05, 3.63) is 70.3 Å². The van der Waals surface area contributed by atoms with Crippen LogP contribution in [0.3, 0.4) is 0 Å². The fraction of sp³-hybridized carbons (Fsp3) is 0.750. The lowest BCUT2D eigenvalue weighted by atomic mass is 9.41. The van der Waals surface area contributed by atoms with Crippen molar-refractivity contribution in [3.63, 3.8) is 0 Å². The molecule has 1 aromatic carbocycles. The molecule has 13 saturated carbocycles. The van der Waals surface area contributed by atoms with Crippen LogP contribution < -0.4 is 0 Å². The highest BCUT2D eigenvalue weighted by molar-refractivity contribution is 5.55. The molecule has 49 heavy (non-hydrogen) atoms. The van der Waals surface area contributed by atoms with Crippen LogP contribution in [0.15, 0.2) is 64.8 Å². The monoisotopic (exact) mass is 641 g/mol. The summed E-state index contributed by atoms with van der Waals surface area (Å²) in [6.45, 7) is 1.40. The minimum atomic E-state index is 0.536. The lowest BCUT2D eigenvalue weighted by molar-refractivity contribution is -0.147. The number of benzene rings is 1. The van der Waals surface area contributed by atoms with Gasteiger partial charge in [-0.05, 0) is 199 Å². The number of allylic oxidation sites excluding steroid dienone is 5. The van der Waals surface area contributed by atoms with Crippen molar-refractivity contribution in [1.29, 1.82) is 0 Å². The third-order valence-electron chi connectivity index (χ3n) is 23.6. The molecule has 16 aliphatic carbocycles. The van der Waals surface area contributed by atoms with E-state index in [1.54, 1.807) is 44.1 Å². The van der Waals surface area contributed by atoms with Crippen LogP contribution in [-0.2, 0) is 0 Å². The maximum absolute atomic E-state index is 3.16. The van der Waals surface area contributed by atoms with Gasteiger partial charge in [0.05, 0.1) is 0 Å². The topological polar surface area (TPSA) is 3.24 Å². The molecule has 1 heteroatoms. The molecule has 1 saturated heterocycles. The summed E-state index contributed by atoms with van der Waals surface area (Å²) in [6, 6.07) is 12.7. The predicted octanol–water partition coefficient (Wildman–Crippen LogP) is 8.39. The van der Waals surface area contributed by atoms with E-state index < -0.39 is 0 Å². The molecule has 248 valence electrons. The first-order valence-electron chi connectivity index (χ1n) is 22.1. The Hall–Kier alpha value is -1.60. The summed E-state index contributed by atoms with van der Waals surface area (Å²) in [5.41, 5.74) is 10.9. The van der Waals surface area contributed by atoms with Gasteiger partial charge in [-0.25, -0.2) is 0 Å². The highest BCUT2D eigenvalue weighted by atomic mass is 15.2. The maximum atomic E-state index is 3.16. The molecule has 18 rings (SSSR count). The van der Waals surface area contributed by atoms with Crippen LogP contribution in [0.25, 0.3) is 0 Å². The second-order valence-electron chi connectivity index (χ2n) is 23.1. The molecule has 17 aliphatic rings. The van der Waals surface area contributed by atoms with Gasteiger partial charge < -0.3 is 0 Å². The van der Waals surface area contributed by atoms with Gasteiger partial charge in [0, 0.05) is 24.4 Å². The summed E-state index contributed by atoms with van der Waals surface area (Å²) >= 11 is 0. The Bertz CT molecular complexity index is 2000. The number of fused-ring (bicyclic) bond motifs is 1. The third-order valence-corrected chi connectivity index (χ3v) is 23.6. The number of likely N-dealkylation sites (tertiary alicyclic amines) is 1. The summed E-state index contributed by atoms with van der Waals surface area (Å²) in [5, 5.41) is 0. The lowest BCUT2D eigenvalue weighted by Gasteiger charge is -2.62. The minimum absolute atomic E-state index is 0.536. The third kappa shape index (κ3) is 2.03. The molecule has 0 aromatic heterocycles. The molecule has 0 bridgehead atoms. The van der Waals surface area contributed by atoms with E-state index in [-0.39, 0.29) is 0 Å². The van der Waals surface area contributed by atoms with E-state index in [0.29, 0.717) is 11.5 Å². The molecule has 1 spiro atoms. The van der Waals surface area contributed by atoms with E-state index in [9.17, 15) is 0 Å².